The van der Waals surface area contributed by atoms with Crippen molar-refractivity contribution in [1.82, 2.24) is 5.32 Å². The molecule has 0 bridgehead atoms. The molecule has 2 N–H and O–H groups in total. The molecule has 0 radical (unpaired) electrons. The van der Waals surface area contributed by atoms with E-state index in [1.807, 2.05) is 31.2 Å². The minimum absolute atomic E-state index is 0.627. The van der Waals surface area contributed by atoms with Crippen LogP contribution < -0.4 is 15.4 Å². The molecule has 0 aliphatic heterocycles. The summed E-state index contributed by atoms with van der Waals surface area (Å²) in [4.78, 5) is 0. The lowest BCUT2D eigenvalue weighted by molar-refractivity contribution is 0.340. The number of hydrogen-bond donors (Lipinski definition) is 2. The summed E-state index contributed by atoms with van der Waals surface area (Å²) in [5.74, 6) is 0.891. The smallest absolute Gasteiger partial charge is 0.171 e. The third-order valence-corrected chi connectivity index (χ3v) is 3.58. The quantitative estimate of drug-likeness (QED) is 0.811. The molecule has 0 heterocycles. The molecule has 22 heavy (non-hydrogen) atoms. The van der Waals surface area contributed by atoms with E-state index in [0.717, 1.165) is 17.0 Å². The Labute approximate surface area is 137 Å². The lowest BCUT2D eigenvalue weighted by atomic mass is 10.1. The molecule has 0 fully saturated rings. The number of aryl methyl sites for hydroxylation is 2. The molecule has 0 amide bonds. The predicted molar refractivity (Wildman–Crippen MR) is 96.6 cm³/mol. The summed E-state index contributed by atoms with van der Waals surface area (Å²) < 4.78 is 5.43. The van der Waals surface area contributed by atoms with Crippen LogP contribution >= 0.6 is 12.2 Å². The molecule has 2 aromatic rings. The van der Waals surface area contributed by atoms with Crippen molar-refractivity contribution < 1.29 is 4.74 Å². The largest absolute Gasteiger partial charge is 0.494 e. The summed E-state index contributed by atoms with van der Waals surface area (Å²) >= 11 is 5.36. The van der Waals surface area contributed by atoms with Crippen LogP contribution in [0.5, 0.6) is 5.75 Å². The Bertz CT molecular complexity index is 638. The Hall–Kier alpha value is -2.07. The molecule has 4 heteroatoms. The topological polar surface area (TPSA) is 33.3 Å². The summed E-state index contributed by atoms with van der Waals surface area (Å²) in [6.07, 6.45) is 0. The van der Waals surface area contributed by atoms with Crippen molar-refractivity contribution in [2.75, 3.05) is 11.9 Å². The van der Waals surface area contributed by atoms with Crippen LogP contribution in [0.1, 0.15) is 23.6 Å². The van der Waals surface area contributed by atoms with E-state index >= 15 is 0 Å². The van der Waals surface area contributed by atoms with Gasteiger partial charge >= 0.3 is 0 Å². The highest BCUT2D eigenvalue weighted by atomic mass is 32.1. The fourth-order valence-electron chi connectivity index (χ4n) is 2.09. The first-order chi connectivity index (χ1) is 10.6. The van der Waals surface area contributed by atoms with E-state index in [-0.39, 0.29) is 0 Å². The molecule has 2 aromatic carbocycles. The Balaban J connectivity index is 1.88. The highest BCUT2D eigenvalue weighted by molar-refractivity contribution is 7.80. The van der Waals surface area contributed by atoms with Crippen molar-refractivity contribution in [2.45, 2.75) is 27.3 Å². The van der Waals surface area contributed by atoms with E-state index in [1.165, 1.54) is 11.1 Å². The minimum Gasteiger partial charge on any atom is -0.494 e. The van der Waals surface area contributed by atoms with Gasteiger partial charge < -0.3 is 15.4 Å². The first-order valence-electron chi connectivity index (χ1n) is 7.42. The van der Waals surface area contributed by atoms with Gasteiger partial charge in [0, 0.05) is 12.2 Å². The summed E-state index contributed by atoms with van der Waals surface area (Å²) in [5.41, 5.74) is 4.59. The molecule has 2 rings (SSSR count). The van der Waals surface area contributed by atoms with E-state index < -0.39 is 0 Å². The van der Waals surface area contributed by atoms with Crippen LogP contribution in [0.25, 0.3) is 0 Å². The van der Waals surface area contributed by atoms with Crippen molar-refractivity contribution in [2.24, 2.45) is 0 Å². The van der Waals surface area contributed by atoms with Crippen LogP contribution in [0.15, 0.2) is 42.5 Å². The number of nitrogens with one attached hydrogen (secondary N) is 2. The highest BCUT2D eigenvalue weighted by Crippen LogP contribution is 2.16. The zero-order valence-electron chi connectivity index (χ0n) is 13.3. The second kappa shape index (κ2) is 7.80. The first-order valence-corrected chi connectivity index (χ1v) is 7.83. The van der Waals surface area contributed by atoms with Gasteiger partial charge in [-0.3, -0.25) is 0 Å². The van der Waals surface area contributed by atoms with E-state index in [2.05, 4.69) is 42.7 Å². The van der Waals surface area contributed by atoms with Crippen molar-refractivity contribution >= 4 is 23.0 Å². The zero-order valence-corrected chi connectivity index (χ0v) is 14.1. The average molecular weight is 314 g/mol. The molecule has 116 valence electrons. The van der Waals surface area contributed by atoms with Crippen LogP contribution in [0.2, 0.25) is 0 Å². The summed E-state index contributed by atoms with van der Waals surface area (Å²) in [7, 11) is 0. The monoisotopic (exact) mass is 314 g/mol. The standard InChI is InChI=1S/C18H22N2OS/c1-4-21-16-9-7-15(8-10-16)12-19-18(22)20-17-11-13(2)5-6-14(17)3/h5-11H,4,12H2,1-3H3,(H2,19,20,22). The van der Waals surface area contributed by atoms with Gasteiger partial charge in [0.15, 0.2) is 5.11 Å². The molecule has 0 aromatic heterocycles. The fraction of sp³-hybridized carbons (Fsp3) is 0.278. The zero-order chi connectivity index (χ0) is 15.9. The number of thiocarbonyl (C=S) groups is 1. The molecular weight excluding hydrogens is 292 g/mol. The van der Waals surface area contributed by atoms with Gasteiger partial charge in [0.25, 0.3) is 0 Å². The Morgan fingerprint density at radius 1 is 1.09 bits per heavy atom. The SMILES string of the molecule is CCOc1ccc(CNC(=S)Nc2cc(C)ccc2C)cc1. The second-order valence-electron chi connectivity index (χ2n) is 5.20. The summed E-state index contributed by atoms with van der Waals surface area (Å²) in [6.45, 7) is 7.48. The molecule has 0 unspecified atom stereocenters. The van der Waals surface area contributed by atoms with Crippen LogP contribution in [0.3, 0.4) is 0 Å². The fourth-order valence-corrected chi connectivity index (χ4v) is 2.27. The number of hydrogen-bond acceptors (Lipinski definition) is 2. The van der Waals surface area contributed by atoms with E-state index in [9.17, 15) is 0 Å². The molecule has 0 saturated carbocycles. The van der Waals surface area contributed by atoms with Gasteiger partial charge in [-0.1, -0.05) is 24.3 Å². The Morgan fingerprint density at radius 3 is 2.50 bits per heavy atom. The Kier molecular flexibility index (Phi) is 5.78. The Morgan fingerprint density at radius 2 is 1.82 bits per heavy atom. The maximum absolute atomic E-state index is 5.43. The molecule has 0 atom stereocenters. The average Bonchev–Trinajstić information content (AvgIpc) is 2.51. The normalized spacial score (nSPS) is 10.1. The van der Waals surface area contributed by atoms with Crippen LogP contribution in [0.4, 0.5) is 5.69 Å². The van der Waals surface area contributed by atoms with Crippen LogP contribution in [-0.4, -0.2) is 11.7 Å². The van der Waals surface area contributed by atoms with Gasteiger partial charge in [-0.25, -0.2) is 0 Å². The first kappa shape index (κ1) is 16.3. The van der Waals surface area contributed by atoms with Crippen LogP contribution in [0, 0.1) is 13.8 Å². The second-order valence-corrected chi connectivity index (χ2v) is 5.61. The number of benzene rings is 2. The van der Waals surface area contributed by atoms with Gasteiger partial charge in [-0.15, -0.1) is 0 Å². The highest BCUT2D eigenvalue weighted by Gasteiger charge is 2.02. The van der Waals surface area contributed by atoms with E-state index in [4.69, 9.17) is 17.0 Å². The van der Waals surface area contributed by atoms with Crippen molar-refractivity contribution in [1.29, 1.82) is 0 Å². The van der Waals surface area contributed by atoms with Gasteiger partial charge in [-0.05, 0) is 67.9 Å². The van der Waals surface area contributed by atoms with Gasteiger partial charge in [0.05, 0.1) is 6.61 Å². The lowest BCUT2D eigenvalue weighted by Crippen LogP contribution is -2.28. The third kappa shape index (κ3) is 4.74. The molecule has 0 aliphatic carbocycles. The van der Waals surface area contributed by atoms with Gasteiger partial charge in [0.2, 0.25) is 0 Å². The minimum atomic E-state index is 0.627. The predicted octanol–water partition coefficient (Wildman–Crippen LogP) is 4.19. The molecule has 0 spiro atoms. The number of ether oxygens (including phenoxy) is 1. The van der Waals surface area contributed by atoms with E-state index in [0.29, 0.717) is 18.3 Å². The van der Waals surface area contributed by atoms with Gasteiger partial charge in [-0.2, -0.15) is 0 Å². The lowest BCUT2D eigenvalue weighted by Gasteiger charge is -2.13. The molecular formula is C18H22N2OS. The van der Waals surface area contributed by atoms with Crippen molar-refractivity contribution in [3.8, 4) is 5.75 Å². The van der Waals surface area contributed by atoms with Gasteiger partial charge in [0.1, 0.15) is 5.75 Å². The molecule has 0 aliphatic rings. The maximum Gasteiger partial charge on any atom is 0.171 e. The maximum atomic E-state index is 5.43. The van der Waals surface area contributed by atoms with E-state index in [1.54, 1.807) is 0 Å². The summed E-state index contributed by atoms with van der Waals surface area (Å²) in [5, 5.41) is 7.10. The third-order valence-electron chi connectivity index (χ3n) is 3.33. The number of anilines is 1. The molecule has 3 nitrogen and oxygen atoms in total. The van der Waals surface area contributed by atoms with Crippen molar-refractivity contribution in [3.63, 3.8) is 0 Å². The summed E-state index contributed by atoms with van der Waals surface area (Å²) in [6, 6.07) is 14.3. The van der Waals surface area contributed by atoms with Crippen LogP contribution in [-0.2, 0) is 6.54 Å². The number of rotatable bonds is 5. The van der Waals surface area contributed by atoms with Crippen molar-refractivity contribution in [3.05, 3.63) is 59.2 Å². The molecule has 0 saturated heterocycles.